The summed E-state index contributed by atoms with van der Waals surface area (Å²) in [5.74, 6) is 0.0799. The number of carbonyl (C=O) groups excluding carboxylic acids is 1. The van der Waals surface area contributed by atoms with Crippen LogP contribution in [0.3, 0.4) is 0 Å². The van der Waals surface area contributed by atoms with E-state index in [4.69, 9.17) is 0 Å². The smallest absolute Gasteiger partial charge is 0.193 e. The molecule has 0 saturated heterocycles. The van der Waals surface area contributed by atoms with E-state index in [1.54, 1.807) is 0 Å². The SMILES string of the molecule is CC1(C)c2ccc(-c3ccccc3)cc2C(=O)c2cc(-n3c4ccccc4c4cc5c6ccccc6n(-c6ccccc6)c5cc43)ccc21. The summed E-state index contributed by atoms with van der Waals surface area (Å²) in [6.07, 6.45) is 0. The summed E-state index contributed by atoms with van der Waals surface area (Å²) in [6, 6.07) is 55.8. The normalized spacial score (nSPS) is 13.7. The van der Waals surface area contributed by atoms with Crippen LogP contribution in [0.25, 0.3) is 66.1 Å². The minimum absolute atomic E-state index is 0.0799. The third kappa shape index (κ3) is 3.93. The Hall–Kier alpha value is -6.19. The molecule has 0 fully saturated rings. The number of benzene rings is 7. The fourth-order valence-electron chi connectivity index (χ4n) is 8.35. The fourth-order valence-corrected chi connectivity index (χ4v) is 8.35. The fraction of sp³-hybridized carbons (Fsp3) is 0.0652. The lowest BCUT2D eigenvalue weighted by atomic mass is 9.68. The lowest BCUT2D eigenvalue weighted by Gasteiger charge is -2.35. The van der Waals surface area contributed by atoms with E-state index >= 15 is 0 Å². The number of hydrogen-bond acceptors (Lipinski definition) is 1. The number of hydrogen-bond donors (Lipinski definition) is 0. The molecule has 0 bridgehead atoms. The van der Waals surface area contributed by atoms with Gasteiger partial charge in [-0.1, -0.05) is 117 Å². The van der Waals surface area contributed by atoms with Crippen molar-refractivity contribution in [3.63, 3.8) is 0 Å². The van der Waals surface area contributed by atoms with E-state index in [0.717, 1.165) is 61.3 Å². The number of rotatable bonds is 3. The zero-order chi connectivity index (χ0) is 32.9. The quantitative estimate of drug-likeness (QED) is 0.191. The highest BCUT2D eigenvalue weighted by Gasteiger charge is 2.37. The highest BCUT2D eigenvalue weighted by molar-refractivity contribution is 6.19. The lowest BCUT2D eigenvalue weighted by molar-refractivity contribution is 0.103. The van der Waals surface area contributed by atoms with Gasteiger partial charge >= 0.3 is 0 Å². The number of carbonyl (C=O) groups is 1. The van der Waals surface area contributed by atoms with E-state index in [9.17, 15) is 4.79 Å². The van der Waals surface area contributed by atoms with Gasteiger partial charge in [0, 0.05) is 49.5 Å². The molecule has 0 amide bonds. The van der Waals surface area contributed by atoms with Crippen LogP contribution in [-0.2, 0) is 5.41 Å². The zero-order valence-corrected chi connectivity index (χ0v) is 27.3. The van der Waals surface area contributed by atoms with Gasteiger partial charge in [0.1, 0.15) is 0 Å². The molecule has 3 nitrogen and oxygen atoms in total. The molecule has 1 aliphatic rings. The Morgan fingerprint density at radius 2 is 0.939 bits per heavy atom. The minimum Gasteiger partial charge on any atom is -0.309 e. The first-order valence-corrected chi connectivity index (χ1v) is 16.9. The predicted octanol–water partition coefficient (Wildman–Crippen LogP) is 11.4. The van der Waals surface area contributed by atoms with Crippen molar-refractivity contribution in [2.75, 3.05) is 0 Å². The van der Waals surface area contributed by atoms with Gasteiger partial charge < -0.3 is 9.13 Å². The third-order valence-electron chi connectivity index (χ3n) is 10.7. The molecule has 9 aromatic rings. The monoisotopic (exact) mass is 628 g/mol. The Labute approximate surface area is 284 Å². The maximum atomic E-state index is 14.5. The van der Waals surface area contributed by atoms with Crippen LogP contribution >= 0.6 is 0 Å². The lowest BCUT2D eigenvalue weighted by Crippen LogP contribution is -2.30. The van der Waals surface area contributed by atoms with Crippen LogP contribution in [0, 0.1) is 0 Å². The second-order valence-electron chi connectivity index (χ2n) is 13.7. The van der Waals surface area contributed by atoms with Gasteiger partial charge in [-0.25, -0.2) is 0 Å². The van der Waals surface area contributed by atoms with Crippen LogP contribution in [0.4, 0.5) is 0 Å². The van der Waals surface area contributed by atoms with Crippen molar-refractivity contribution < 1.29 is 4.79 Å². The standard InChI is InChI=1S/C46H32N2O/c1-46(2)39-23-21-30(29-13-5-3-6-14-29)25-37(39)45(49)38-26-32(22-24-40(38)46)48-42-20-12-10-18-34(42)36-27-35-33-17-9-11-19-41(33)47(43(35)28-44(36)48)31-15-7-4-8-16-31/h3-28H,1-2H3. The second kappa shape index (κ2) is 10.2. The average Bonchev–Trinajstić information content (AvgIpc) is 3.65. The molecule has 49 heavy (non-hydrogen) atoms. The van der Waals surface area contributed by atoms with Crippen molar-refractivity contribution in [2.45, 2.75) is 19.3 Å². The van der Waals surface area contributed by atoms with E-state index in [1.165, 1.54) is 27.1 Å². The number of nitrogens with zero attached hydrogens (tertiary/aromatic N) is 2. The first kappa shape index (κ1) is 27.9. The van der Waals surface area contributed by atoms with Gasteiger partial charge in [0.05, 0.1) is 22.1 Å². The summed E-state index contributed by atoms with van der Waals surface area (Å²) in [6.45, 7) is 4.47. The molecule has 232 valence electrons. The largest absolute Gasteiger partial charge is 0.309 e. The molecule has 0 N–H and O–H groups in total. The molecule has 3 heteroatoms. The van der Waals surface area contributed by atoms with Crippen molar-refractivity contribution in [1.82, 2.24) is 9.13 Å². The first-order valence-electron chi connectivity index (χ1n) is 16.9. The molecule has 0 saturated carbocycles. The molecular weight excluding hydrogens is 597 g/mol. The van der Waals surface area contributed by atoms with E-state index in [1.807, 2.05) is 18.2 Å². The summed E-state index contributed by atoms with van der Waals surface area (Å²) in [7, 11) is 0. The molecular formula is C46H32N2O. The topological polar surface area (TPSA) is 26.9 Å². The molecule has 10 rings (SSSR count). The van der Waals surface area contributed by atoms with Crippen LogP contribution in [0.1, 0.15) is 40.9 Å². The van der Waals surface area contributed by atoms with Crippen molar-refractivity contribution in [2.24, 2.45) is 0 Å². The van der Waals surface area contributed by atoms with E-state index in [2.05, 4.69) is 163 Å². The number of para-hydroxylation sites is 3. The van der Waals surface area contributed by atoms with Crippen molar-refractivity contribution >= 4 is 49.4 Å². The van der Waals surface area contributed by atoms with E-state index in [0.29, 0.717) is 0 Å². The number of fused-ring (bicyclic) bond motifs is 8. The Bertz CT molecular complexity index is 2800. The van der Waals surface area contributed by atoms with Gasteiger partial charge in [0.25, 0.3) is 0 Å². The van der Waals surface area contributed by atoms with Crippen molar-refractivity contribution in [3.05, 3.63) is 180 Å². The van der Waals surface area contributed by atoms with Gasteiger partial charge in [0.15, 0.2) is 5.78 Å². The van der Waals surface area contributed by atoms with Crippen LogP contribution < -0.4 is 0 Å². The summed E-state index contributed by atoms with van der Waals surface area (Å²) < 4.78 is 4.71. The molecule has 0 unspecified atom stereocenters. The van der Waals surface area contributed by atoms with E-state index in [-0.39, 0.29) is 11.2 Å². The van der Waals surface area contributed by atoms with Crippen molar-refractivity contribution in [3.8, 4) is 22.5 Å². The summed E-state index contributed by atoms with van der Waals surface area (Å²) in [4.78, 5) is 14.5. The van der Waals surface area contributed by atoms with Crippen LogP contribution in [0.15, 0.2) is 158 Å². The molecule has 1 aliphatic carbocycles. The van der Waals surface area contributed by atoms with Gasteiger partial charge in [-0.15, -0.1) is 0 Å². The van der Waals surface area contributed by atoms with Gasteiger partial charge in [-0.2, -0.15) is 0 Å². The predicted molar refractivity (Wildman–Crippen MR) is 203 cm³/mol. The number of ketones is 1. The second-order valence-corrected chi connectivity index (χ2v) is 13.7. The first-order chi connectivity index (χ1) is 24.0. The van der Waals surface area contributed by atoms with Crippen LogP contribution in [-0.4, -0.2) is 14.9 Å². The maximum absolute atomic E-state index is 14.5. The highest BCUT2D eigenvalue weighted by atomic mass is 16.1. The molecule has 0 radical (unpaired) electrons. The Kier molecular flexibility index (Phi) is 5.78. The Morgan fingerprint density at radius 3 is 1.59 bits per heavy atom. The molecule has 0 atom stereocenters. The highest BCUT2D eigenvalue weighted by Crippen LogP contribution is 2.44. The average molecular weight is 629 g/mol. The molecule has 0 aliphatic heterocycles. The van der Waals surface area contributed by atoms with Gasteiger partial charge in [-0.3, -0.25) is 4.79 Å². The molecule has 7 aromatic carbocycles. The minimum atomic E-state index is -0.323. The van der Waals surface area contributed by atoms with Gasteiger partial charge in [0.2, 0.25) is 0 Å². The zero-order valence-electron chi connectivity index (χ0n) is 27.3. The summed E-state index contributed by atoms with van der Waals surface area (Å²) in [5, 5.41) is 4.85. The van der Waals surface area contributed by atoms with Gasteiger partial charge in [-0.05, 0) is 76.9 Å². The van der Waals surface area contributed by atoms with Crippen molar-refractivity contribution in [1.29, 1.82) is 0 Å². The summed E-state index contributed by atoms with van der Waals surface area (Å²) in [5.41, 5.74) is 12.2. The molecule has 0 spiro atoms. The van der Waals surface area contributed by atoms with E-state index < -0.39 is 0 Å². The van der Waals surface area contributed by atoms with Crippen LogP contribution in [0.5, 0.6) is 0 Å². The molecule has 2 aromatic heterocycles. The maximum Gasteiger partial charge on any atom is 0.193 e. The third-order valence-corrected chi connectivity index (χ3v) is 10.7. The molecule has 2 heterocycles. The Morgan fingerprint density at radius 1 is 0.408 bits per heavy atom. The van der Waals surface area contributed by atoms with Crippen LogP contribution in [0.2, 0.25) is 0 Å². The summed E-state index contributed by atoms with van der Waals surface area (Å²) >= 11 is 0. The number of aromatic nitrogens is 2. The Balaban J connectivity index is 1.23.